The third-order valence-corrected chi connectivity index (χ3v) is 9.69. The van der Waals surface area contributed by atoms with E-state index in [-0.39, 0.29) is 42.8 Å². The minimum Gasteiger partial charge on any atom is -0.497 e. The van der Waals surface area contributed by atoms with E-state index in [0.717, 1.165) is 12.8 Å². The largest absolute Gasteiger partial charge is 0.497 e. The zero-order valence-corrected chi connectivity index (χ0v) is 22.3. The molecule has 8 nitrogen and oxygen atoms in total. The van der Waals surface area contributed by atoms with Crippen LogP contribution in [0.15, 0.2) is 49.6 Å². The molecule has 2 unspecified atom stereocenters. The normalized spacial score (nSPS) is 28.5. The van der Waals surface area contributed by atoms with Crippen molar-refractivity contribution in [2.75, 3.05) is 31.8 Å². The molecule has 4 rings (SSSR count). The lowest BCUT2D eigenvalue weighted by Gasteiger charge is -2.38. The van der Waals surface area contributed by atoms with Gasteiger partial charge < -0.3 is 24.4 Å². The number of esters is 1. The maximum Gasteiger partial charge on any atom is 0.310 e. The molecule has 200 valence electrons. The van der Waals surface area contributed by atoms with Gasteiger partial charge in [-0.25, -0.2) is 0 Å². The fraction of sp³-hybridized carbons (Fsp3) is 0.536. The van der Waals surface area contributed by atoms with E-state index >= 15 is 0 Å². The highest BCUT2D eigenvalue weighted by Gasteiger charge is 2.74. The van der Waals surface area contributed by atoms with E-state index < -0.39 is 28.7 Å². The summed E-state index contributed by atoms with van der Waals surface area (Å²) in [4.78, 5) is 44.7. The Bertz CT molecular complexity index is 1050. The zero-order valence-electron chi connectivity index (χ0n) is 21.5. The highest BCUT2D eigenvalue weighted by atomic mass is 32.2. The molecule has 6 atom stereocenters. The molecule has 2 bridgehead atoms. The van der Waals surface area contributed by atoms with E-state index in [1.165, 1.54) is 4.90 Å². The smallest absolute Gasteiger partial charge is 0.310 e. The number of amides is 2. The monoisotopic (exact) mass is 528 g/mol. The van der Waals surface area contributed by atoms with Gasteiger partial charge in [-0.2, -0.15) is 0 Å². The van der Waals surface area contributed by atoms with Gasteiger partial charge in [-0.05, 0) is 56.9 Å². The van der Waals surface area contributed by atoms with Crippen LogP contribution in [-0.4, -0.2) is 76.7 Å². The number of anilines is 1. The van der Waals surface area contributed by atoms with Gasteiger partial charge in [0.2, 0.25) is 5.91 Å². The van der Waals surface area contributed by atoms with Crippen molar-refractivity contribution < 1.29 is 29.0 Å². The molecule has 2 amide bonds. The molecule has 3 fully saturated rings. The number of thioether (sulfide) groups is 1. The van der Waals surface area contributed by atoms with Crippen LogP contribution < -0.4 is 9.64 Å². The van der Waals surface area contributed by atoms with Crippen LogP contribution in [0.4, 0.5) is 5.69 Å². The number of rotatable bonds is 12. The van der Waals surface area contributed by atoms with Crippen LogP contribution >= 0.6 is 11.8 Å². The number of hydrogen-bond acceptors (Lipinski definition) is 7. The number of allylic oxidation sites excluding steroid dienone is 1. The molecule has 1 aromatic carbocycles. The Morgan fingerprint density at radius 1 is 1.30 bits per heavy atom. The maximum atomic E-state index is 14.3. The Kier molecular flexibility index (Phi) is 8.33. The van der Waals surface area contributed by atoms with Gasteiger partial charge in [0.25, 0.3) is 5.91 Å². The van der Waals surface area contributed by atoms with Crippen molar-refractivity contribution in [1.82, 2.24) is 4.90 Å². The molecule has 0 aliphatic carbocycles. The SMILES string of the molecule is C=CCCCOC(=O)[C@@H]1[C@H]2C(=O)N([C@H](C)CO)C(C(=O)N(CC=C)c3ccc(OC)cc3)C23CC[C@H]1S3. The van der Waals surface area contributed by atoms with Crippen molar-refractivity contribution in [3.05, 3.63) is 49.6 Å². The fourth-order valence-electron chi connectivity index (χ4n) is 6.06. The first-order valence-corrected chi connectivity index (χ1v) is 13.7. The molecular formula is C28H36N2O6S. The number of carbonyl (C=O) groups excluding carboxylic acids is 3. The molecule has 3 aliphatic rings. The summed E-state index contributed by atoms with van der Waals surface area (Å²) in [5.41, 5.74) is 0.658. The number of unbranched alkanes of at least 4 members (excludes halogenated alkanes) is 1. The lowest BCUT2D eigenvalue weighted by atomic mass is 9.71. The predicted octanol–water partition coefficient (Wildman–Crippen LogP) is 3.20. The third-order valence-electron chi connectivity index (χ3n) is 7.74. The van der Waals surface area contributed by atoms with Gasteiger partial charge in [0.15, 0.2) is 0 Å². The van der Waals surface area contributed by atoms with Crippen LogP contribution in [-0.2, 0) is 19.1 Å². The van der Waals surface area contributed by atoms with E-state index in [2.05, 4.69) is 13.2 Å². The van der Waals surface area contributed by atoms with Gasteiger partial charge in [0.1, 0.15) is 11.8 Å². The third kappa shape index (κ3) is 4.68. The summed E-state index contributed by atoms with van der Waals surface area (Å²) in [5.74, 6) is -1.46. The van der Waals surface area contributed by atoms with Gasteiger partial charge in [0.05, 0.1) is 42.9 Å². The number of ether oxygens (including phenoxy) is 2. The minimum atomic E-state index is -0.817. The Labute approximate surface area is 222 Å². The maximum absolute atomic E-state index is 14.3. The number of nitrogens with zero attached hydrogens (tertiary/aromatic N) is 2. The Balaban J connectivity index is 1.70. The summed E-state index contributed by atoms with van der Waals surface area (Å²) in [7, 11) is 1.58. The van der Waals surface area contributed by atoms with Crippen LogP contribution in [0, 0.1) is 11.8 Å². The second-order valence-electron chi connectivity index (χ2n) is 9.87. The molecule has 0 radical (unpaired) electrons. The molecule has 3 aliphatic heterocycles. The lowest BCUT2D eigenvalue weighted by molar-refractivity contribution is -0.154. The average molecular weight is 529 g/mol. The van der Waals surface area contributed by atoms with Gasteiger partial charge in [-0.1, -0.05) is 12.2 Å². The van der Waals surface area contributed by atoms with Gasteiger partial charge in [-0.15, -0.1) is 24.9 Å². The number of methoxy groups -OCH3 is 1. The van der Waals surface area contributed by atoms with E-state index in [1.54, 1.807) is 67.1 Å². The van der Waals surface area contributed by atoms with Gasteiger partial charge in [0, 0.05) is 17.5 Å². The summed E-state index contributed by atoms with van der Waals surface area (Å²) in [6.45, 7) is 9.50. The molecule has 37 heavy (non-hydrogen) atoms. The van der Waals surface area contributed by atoms with Crippen LogP contribution in [0.3, 0.4) is 0 Å². The van der Waals surface area contributed by atoms with Gasteiger partial charge >= 0.3 is 5.97 Å². The van der Waals surface area contributed by atoms with Crippen molar-refractivity contribution in [2.24, 2.45) is 11.8 Å². The van der Waals surface area contributed by atoms with E-state index in [9.17, 15) is 19.5 Å². The first-order valence-electron chi connectivity index (χ1n) is 12.8. The van der Waals surface area contributed by atoms with Crippen LogP contribution in [0.5, 0.6) is 5.75 Å². The standard InChI is InChI=1S/C28H36N2O6S/c1-5-7-8-16-36-27(34)22-21-13-14-28(37-21)23(22)25(32)30(18(3)17-31)24(28)26(33)29(15-6-2)19-9-11-20(35-4)12-10-19/h5-6,9-12,18,21-24,31H,1-2,7-8,13-17H2,3-4H3/t18-,21-,22+,23+,24?,28?/m1/s1. The minimum absolute atomic E-state index is 0.0726. The predicted molar refractivity (Wildman–Crippen MR) is 143 cm³/mol. The molecule has 3 saturated heterocycles. The van der Waals surface area contributed by atoms with Crippen molar-refractivity contribution in [3.8, 4) is 5.75 Å². The summed E-state index contributed by atoms with van der Waals surface area (Å²) in [6, 6.07) is 5.77. The Morgan fingerprint density at radius 2 is 2.03 bits per heavy atom. The number of hydrogen-bond donors (Lipinski definition) is 1. The topological polar surface area (TPSA) is 96.4 Å². The molecule has 1 N–H and O–H groups in total. The molecular weight excluding hydrogens is 492 g/mol. The quantitative estimate of drug-likeness (QED) is 0.253. The van der Waals surface area contributed by atoms with Crippen molar-refractivity contribution in [3.63, 3.8) is 0 Å². The number of aliphatic hydroxyl groups is 1. The van der Waals surface area contributed by atoms with Crippen molar-refractivity contribution in [2.45, 2.75) is 54.7 Å². The van der Waals surface area contributed by atoms with E-state index in [0.29, 0.717) is 24.3 Å². The lowest BCUT2D eigenvalue weighted by Crippen LogP contribution is -2.57. The Hall–Kier alpha value is -2.78. The molecule has 0 saturated carbocycles. The average Bonchev–Trinajstić information content (AvgIpc) is 3.56. The second-order valence-corrected chi connectivity index (χ2v) is 11.5. The van der Waals surface area contributed by atoms with Crippen molar-refractivity contribution >= 4 is 35.2 Å². The fourth-order valence-corrected chi connectivity index (χ4v) is 8.25. The van der Waals surface area contributed by atoms with Crippen LogP contribution in [0.1, 0.15) is 32.6 Å². The summed E-state index contributed by atoms with van der Waals surface area (Å²) in [6.07, 6.45) is 6.22. The number of fused-ring (bicyclic) bond motifs is 1. The molecule has 1 spiro atoms. The van der Waals surface area contributed by atoms with E-state index in [1.807, 2.05) is 0 Å². The van der Waals surface area contributed by atoms with Crippen LogP contribution in [0.2, 0.25) is 0 Å². The number of likely N-dealkylation sites (tertiary alicyclic amines) is 1. The summed E-state index contributed by atoms with van der Waals surface area (Å²) in [5, 5.41) is 9.97. The number of aliphatic hydroxyl groups excluding tert-OH is 1. The number of carbonyl (C=O) groups is 3. The second kappa shape index (κ2) is 11.3. The highest BCUT2D eigenvalue weighted by molar-refractivity contribution is 8.02. The summed E-state index contributed by atoms with van der Waals surface area (Å²) >= 11 is 1.58. The first-order chi connectivity index (χ1) is 17.8. The summed E-state index contributed by atoms with van der Waals surface area (Å²) < 4.78 is 10.1. The highest BCUT2D eigenvalue weighted by Crippen LogP contribution is 2.67. The first kappa shape index (κ1) is 27.3. The van der Waals surface area contributed by atoms with Crippen molar-refractivity contribution in [1.29, 1.82) is 0 Å². The van der Waals surface area contributed by atoms with Gasteiger partial charge in [-0.3, -0.25) is 14.4 Å². The molecule has 3 heterocycles. The van der Waals surface area contributed by atoms with E-state index in [4.69, 9.17) is 9.47 Å². The Morgan fingerprint density at radius 3 is 2.65 bits per heavy atom. The molecule has 9 heteroatoms. The number of benzene rings is 1. The molecule has 0 aromatic heterocycles. The molecule has 1 aromatic rings. The zero-order chi connectivity index (χ0) is 26.7. The van der Waals surface area contributed by atoms with Crippen LogP contribution in [0.25, 0.3) is 0 Å².